The zero-order valence-corrected chi connectivity index (χ0v) is 17.7. The Kier molecular flexibility index (Phi) is 4.85. The van der Waals surface area contributed by atoms with Crippen LogP contribution in [0.1, 0.15) is 42.9 Å². The predicted molar refractivity (Wildman–Crippen MR) is 109 cm³/mol. The molecular formula is C20H24N4O4S. The molecule has 154 valence electrons. The first kappa shape index (κ1) is 19.5. The SMILES string of the molecule is CCn1c(C)c(-c2nc(C3CC3)no2)c(S(=O)(=O)Nc2ccc(OC)cc2)c1C. The zero-order chi connectivity index (χ0) is 20.8. The minimum atomic E-state index is -3.89. The second kappa shape index (κ2) is 7.22. The first-order valence-corrected chi connectivity index (χ1v) is 11.0. The van der Waals surface area contributed by atoms with E-state index >= 15 is 0 Å². The van der Waals surface area contributed by atoms with Gasteiger partial charge >= 0.3 is 0 Å². The molecule has 0 unspecified atom stereocenters. The standard InChI is InChI=1S/C20H24N4O4S/c1-5-24-12(2)17(20-21-19(22-28-20)14-6-7-14)18(13(24)3)29(25,26)23-15-8-10-16(27-4)11-9-15/h8-11,14,23H,5-7H2,1-4H3. The Balaban J connectivity index is 1.80. The average molecular weight is 417 g/mol. The van der Waals surface area contributed by atoms with Crippen LogP contribution in [0, 0.1) is 13.8 Å². The maximum absolute atomic E-state index is 13.4. The van der Waals surface area contributed by atoms with Gasteiger partial charge in [-0.3, -0.25) is 4.72 Å². The largest absolute Gasteiger partial charge is 0.497 e. The Bertz CT molecular complexity index is 1140. The van der Waals surface area contributed by atoms with Gasteiger partial charge in [-0.2, -0.15) is 4.98 Å². The van der Waals surface area contributed by atoms with E-state index in [0.717, 1.165) is 18.5 Å². The van der Waals surface area contributed by atoms with Gasteiger partial charge in [0.1, 0.15) is 10.6 Å². The molecule has 0 amide bonds. The summed E-state index contributed by atoms with van der Waals surface area (Å²) in [5.41, 5.74) is 2.32. The van der Waals surface area contributed by atoms with E-state index < -0.39 is 10.0 Å². The predicted octanol–water partition coefficient (Wildman–Crippen LogP) is 3.86. The fourth-order valence-corrected chi connectivity index (χ4v) is 5.17. The number of hydrogen-bond donors (Lipinski definition) is 1. The molecule has 2 heterocycles. The van der Waals surface area contributed by atoms with Gasteiger partial charge in [0, 0.05) is 29.5 Å². The number of sulfonamides is 1. The third kappa shape index (κ3) is 3.50. The molecule has 4 rings (SSSR count). The highest BCUT2D eigenvalue weighted by atomic mass is 32.2. The van der Waals surface area contributed by atoms with Gasteiger partial charge in [0.25, 0.3) is 15.9 Å². The van der Waals surface area contributed by atoms with E-state index in [1.54, 1.807) is 38.3 Å². The molecule has 29 heavy (non-hydrogen) atoms. The second-order valence-corrected chi connectivity index (χ2v) is 8.80. The summed E-state index contributed by atoms with van der Waals surface area (Å²) in [6.45, 7) is 6.27. The van der Waals surface area contributed by atoms with Gasteiger partial charge in [-0.25, -0.2) is 8.42 Å². The van der Waals surface area contributed by atoms with Crippen LogP contribution in [0.25, 0.3) is 11.5 Å². The van der Waals surface area contributed by atoms with Crippen LogP contribution in [0.4, 0.5) is 5.69 Å². The summed E-state index contributed by atoms with van der Waals surface area (Å²) < 4.78 is 41.9. The topological polar surface area (TPSA) is 99.3 Å². The molecule has 1 aliphatic rings. The molecule has 1 aromatic carbocycles. The van der Waals surface area contributed by atoms with Crippen LogP contribution in [0.15, 0.2) is 33.7 Å². The Labute approximate surface area is 169 Å². The number of methoxy groups -OCH3 is 1. The van der Waals surface area contributed by atoms with Crippen molar-refractivity contribution >= 4 is 15.7 Å². The van der Waals surface area contributed by atoms with E-state index in [4.69, 9.17) is 9.26 Å². The van der Waals surface area contributed by atoms with Crippen molar-refractivity contribution in [3.05, 3.63) is 41.5 Å². The van der Waals surface area contributed by atoms with Crippen molar-refractivity contribution in [2.75, 3.05) is 11.8 Å². The number of nitrogens with one attached hydrogen (secondary N) is 1. The summed E-state index contributed by atoms with van der Waals surface area (Å²) >= 11 is 0. The van der Waals surface area contributed by atoms with Gasteiger partial charge in [0.2, 0.25) is 0 Å². The van der Waals surface area contributed by atoms with Crippen LogP contribution >= 0.6 is 0 Å². The van der Waals surface area contributed by atoms with Crippen molar-refractivity contribution in [2.24, 2.45) is 0 Å². The highest BCUT2D eigenvalue weighted by Gasteiger charge is 2.34. The second-order valence-electron chi connectivity index (χ2n) is 7.19. The molecule has 8 nitrogen and oxygen atoms in total. The third-order valence-corrected chi connectivity index (χ3v) is 6.79. The third-order valence-electron chi connectivity index (χ3n) is 5.25. The molecule has 1 saturated carbocycles. The minimum absolute atomic E-state index is 0.165. The molecule has 0 saturated heterocycles. The normalized spacial score (nSPS) is 14.2. The lowest BCUT2D eigenvalue weighted by Gasteiger charge is -2.10. The smallest absolute Gasteiger partial charge is 0.264 e. The number of rotatable bonds is 7. The summed E-state index contributed by atoms with van der Waals surface area (Å²) in [5, 5.41) is 4.06. The lowest BCUT2D eigenvalue weighted by atomic mass is 10.2. The van der Waals surface area contributed by atoms with E-state index in [9.17, 15) is 8.42 Å². The van der Waals surface area contributed by atoms with Gasteiger partial charge in [-0.15, -0.1) is 0 Å². The monoisotopic (exact) mass is 416 g/mol. The van der Waals surface area contributed by atoms with Crippen molar-refractivity contribution in [1.29, 1.82) is 0 Å². The van der Waals surface area contributed by atoms with E-state index in [1.165, 1.54) is 0 Å². The highest BCUT2D eigenvalue weighted by molar-refractivity contribution is 7.93. The molecule has 0 bridgehead atoms. The number of nitrogens with zero attached hydrogens (tertiary/aromatic N) is 3. The van der Waals surface area contributed by atoms with Crippen molar-refractivity contribution in [3.8, 4) is 17.2 Å². The van der Waals surface area contributed by atoms with Gasteiger partial charge in [-0.05, 0) is 57.9 Å². The fraction of sp³-hybridized carbons (Fsp3) is 0.400. The first-order valence-electron chi connectivity index (χ1n) is 9.56. The van der Waals surface area contributed by atoms with Crippen molar-refractivity contribution in [1.82, 2.24) is 14.7 Å². The molecular weight excluding hydrogens is 392 g/mol. The number of benzene rings is 1. The van der Waals surface area contributed by atoms with Gasteiger partial charge in [0.15, 0.2) is 5.82 Å². The lowest BCUT2D eigenvalue weighted by molar-refractivity contribution is 0.415. The average Bonchev–Trinajstić information content (AvgIpc) is 3.37. The zero-order valence-electron chi connectivity index (χ0n) is 16.9. The number of hydrogen-bond acceptors (Lipinski definition) is 6. The molecule has 3 aromatic rings. The molecule has 0 atom stereocenters. The number of anilines is 1. The molecule has 2 aromatic heterocycles. The quantitative estimate of drug-likeness (QED) is 0.628. The summed E-state index contributed by atoms with van der Waals surface area (Å²) in [7, 11) is -2.33. The van der Waals surface area contributed by atoms with E-state index in [1.807, 2.05) is 18.4 Å². The summed E-state index contributed by atoms with van der Waals surface area (Å²) in [4.78, 5) is 4.66. The summed E-state index contributed by atoms with van der Waals surface area (Å²) in [6, 6.07) is 6.72. The Morgan fingerprint density at radius 1 is 1.21 bits per heavy atom. The molecule has 0 spiro atoms. The molecule has 1 fully saturated rings. The van der Waals surface area contributed by atoms with Gasteiger partial charge < -0.3 is 13.8 Å². The van der Waals surface area contributed by atoms with Crippen molar-refractivity contribution in [3.63, 3.8) is 0 Å². The van der Waals surface area contributed by atoms with Crippen LogP contribution in [0.2, 0.25) is 0 Å². The maximum Gasteiger partial charge on any atom is 0.264 e. The van der Waals surface area contributed by atoms with E-state index in [0.29, 0.717) is 41.0 Å². The van der Waals surface area contributed by atoms with E-state index in [-0.39, 0.29) is 10.8 Å². The molecule has 1 N–H and O–H groups in total. The van der Waals surface area contributed by atoms with Crippen LogP contribution in [0.5, 0.6) is 5.75 Å². The number of aromatic nitrogens is 3. The van der Waals surface area contributed by atoms with Crippen molar-refractivity contribution in [2.45, 2.75) is 51.0 Å². The highest BCUT2D eigenvalue weighted by Crippen LogP contribution is 2.41. The molecule has 0 aliphatic heterocycles. The van der Waals surface area contributed by atoms with Gasteiger partial charge in [-0.1, -0.05) is 5.16 Å². The van der Waals surface area contributed by atoms with E-state index in [2.05, 4.69) is 14.9 Å². The Hall–Kier alpha value is -2.81. The molecule has 9 heteroatoms. The molecule has 1 aliphatic carbocycles. The van der Waals surface area contributed by atoms with Crippen molar-refractivity contribution < 1.29 is 17.7 Å². The van der Waals surface area contributed by atoms with Crippen LogP contribution in [0.3, 0.4) is 0 Å². The first-order chi connectivity index (χ1) is 13.9. The lowest BCUT2D eigenvalue weighted by Crippen LogP contribution is -2.15. The summed E-state index contributed by atoms with van der Waals surface area (Å²) in [6.07, 6.45) is 2.08. The maximum atomic E-state index is 13.4. The fourth-order valence-electron chi connectivity index (χ4n) is 3.62. The van der Waals surface area contributed by atoms with Crippen LogP contribution in [-0.4, -0.2) is 30.2 Å². The Morgan fingerprint density at radius 3 is 2.48 bits per heavy atom. The minimum Gasteiger partial charge on any atom is -0.497 e. The number of ether oxygens (including phenoxy) is 1. The van der Waals surface area contributed by atoms with Crippen LogP contribution < -0.4 is 9.46 Å². The van der Waals surface area contributed by atoms with Gasteiger partial charge in [0.05, 0.1) is 12.7 Å². The molecule has 0 radical (unpaired) electrons. The summed E-state index contributed by atoms with van der Waals surface area (Å²) in [5.74, 6) is 1.86. The van der Waals surface area contributed by atoms with Crippen LogP contribution in [-0.2, 0) is 16.6 Å². The Morgan fingerprint density at radius 2 is 1.90 bits per heavy atom.